The van der Waals surface area contributed by atoms with E-state index in [0.29, 0.717) is 48.1 Å². The molecule has 0 aliphatic carbocycles. The van der Waals surface area contributed by atoms with E-state index in [4.69, 9.17) is 22.9 Å². The fraction of sp³-hybridized carbons (Fsp3) is 0.500. The molecular formula is C32H50N8O6. The Balaban J connectivity index is 0.00000736. The van der Waals surface area contributed by atoms with Crippen molar-refractivity contribution in [2.24, 2.45) is 22.9 Å². The molecule has 0 saturated carbocycles. The van der Waals surface area contributed by atoms with Crippen LogP contribution >= 0.6 is 0 Å². The molecule has 1 aliphatic rings. The zero-order valence-corrected chi connectivity index (χ0v) is 25.4. The van der Waals surface area contributed by atoms with Gasteiger partial charge in [0.15, 0.2) is 0 Å². The van der Waals surface area contributed by atoms with Crippen LogP contribution in [0.5, 0.6) is 11.5 Å². The van der Waals surface area contributed by atoms with Gasteiger partial charge < -0.3 is 54.4 Å². The zero-order chi connectivity index (χ0) is 32.9. The van der Waals surface area contributed by atoms with Crippen molar-refractivity contribution in [2.75, 3.05) is 26.2 Å². The van der Waals surface area contributed by atoms with E-state index in [2.05, 4.69) is 21.3 Å². The predicted octanol–water partition coefficient (Wildman–Crippen LogP) is -0.776. The summed E-state index contributed by atoms with van der Waals surface area (Å²) in [6, 6.07) is 5.80. The summed E-state index contributed by atoms with van der Waals surface area (Å²) >= 11 is 0. The van der Waals surface area contributed by atoms with Gasteiger partial charge in [0.25, 0.3) is 0 Å². The van der Waals surface area contributed by atoms with Crippen molar-refractivity contribution in [1.82, 2.24) is 21.3 Å². The van der Waals surface area contributed by atoms with E-state index >= 15 is 0 Å². The number of benzene rings is 2. The van der Waals surface area contributed by atoms with Gasteiger partial charge in [-0.15, -0.1) is 0 Å². The van der Waals surface area contributed by atoms with Gasteiger partial charge in [0.1, 0.15) is 23.6 Å². The Bertz CT molecular complexity index is 1340. The molecule has 3 rings (SSSR count). The van der Waals surface area contributed by atoms with E-state index in [1.54, 1.807) is 24.3 Å². The molecule has 0 radical (unpaired) electrons. The fourth-order valence-electron chi connectivity index (χ4n) is 5.16. The summed E-state index contributed by atoms with van der Waals surface area (Å²) in [6.45, 7) is 1.15. The van der Waals surface area contributed by atoms with Gasteiger partial charge in [0, 0.05) is 38.4 Å². The number of hydrogen-bond donors (Lipinski definition) is 10. The highest BCUT2D eigenvalue weighted by atomic mass is 16.3. The smallest absolute Gasteiger partial charge is 0.243 e. The molecule has 14 N–H and O–H groups in total. The Morgan fingerprint density at radius 3 is 2.07 bits per heavy atom. The molecule has 0 fully saturated rings. The van der Waals surface area contributed by atoms with E-state index in [9.17, 15) is 29.4 Å². The number of amides is 4. The van der Waals surface area contributed by atoms with Crippen LogP contribution in [-0.4, -0.2) is 84.2 Å². The minimum absolute atomic E-state index is 0. The summed E-state index contributed by atoms with van der Waals surface area (Å²) in [6.07, 6.45) is 1.39. The second-order valence-electron chi connectivity index (χ2n) is 11.2. The number of fused-ring (bicyclic) bond motifs is 5. The van der Waals surface area contributed by atoms with Crippen LogP contribution in [0, 0.1) is 0 Å². The Labute approximate surface area is 270 Å². The minimum atomic E-state index is -1.20. The topological polar surface area (TPSA) is 261 Å². The molecule has 0 spiro atoms. The third-order valence-electron chi connectivity index (χ3n) is 7.66. The number of phenols is 2. The van der Waals surface area contributed by atoms with Gasteiger partial charge in [0.2, 0.25) is 23.6 Å². The Morgan fingerprint density at radius 2 is 1.48 bits per heavy atom. The van der Waals surface area contributed by atoms with Crippen LogP contribution in [0.2, 0.25) is 0 Å². The summed E-state index contributed by atoms with van der Waals surface area (Å²) in [4.78, 5) is 53.0. The van der Waals surface area contributed by atoms with Crippen LogP contribution in [0.1, 0.15) is 50.7 Å². The van der Waals surface area contributed by atoms with E-state index < -0.39 is 41.9 Å². The third kappa shape index (κ3) is 11.0. The molecule has 254 valence electrons. The quantitative estimate of drug-likeness (QED) is 0.138. The van der Waals surface area contributed by atoms with Crippen molar-refractivity contribution in [1.29, 1.82) is 0 Å². The number of carbonyl (C=O) groups is 4. The summed E-state index contributed by atoms with van der Waals surface area (Å²) < 4.78 is 0. The standard InChI is InChI=1S/C31H46N8O6.CH4/c32-9-1-3-22(17-28(42)36-12-11-34)37-31(45)25-16-21-14-19(6-8-27(21)41)18-5-7-26(40)20(13-18)15-23(35)29(43)38-24(4-2-10-33)30(44)39-25;/h5-8,13-14,22-25,40-41H,1-4,9-12,15-17,32-35H2,(H,36,42)(H,37,45)(H,38,43)(H,39,44);1H4/t22?,23-,24-,25-;/m0./s1. The van der Waals surface area contributed by atoms with Crippen molar-refractivity contribution in [3.8, 4) is 22.6 Å². The van der Waals surface area contributed by atoms with Crippen molar-refractivity contribution < 1.29 is 29.4 Å². The van der Waals surface area contributed by atoms with Gasteiger partial charge in [0.05, 0.1) is 6.04 Å². The Hall–Kier alpha value is -4.24. The first-order chi connectivity index (χ1) is 21.6. The lowest BCUT2D eigenvalue weighted by molar-refractivity contribution is -0.133. The van der Waals surface area contributed by atoms with Crippen molar-refractivity contribution in [2.45, 2.75) is 76.5 Å². The summed E-state index contributed by atoms with van der Waals surface area (Å²) in [7, 11) is 0. The van der Waals surface area contributed by atoms with Gasteiger partial charge in [-0.3, -0.25) is 19.2 Å². The highest BCUT2D eigenvalue weighted by Gasteiger charge is 2.30. The fourth-order valence-corrected chi connectivity index (χ4v) is 5.16. The largest absolute Gasteiger partial charge is 0.508 e. The van der Waals surface area contributed by atoms with E-state index in [1.807, 2.05) is 0 Å². The first-order valence-electron chi connectivity index (χ1n) is 15.2. The second-order valence-corrected chi connectivity index (χ2v) is 11.2. The van der Waals surface area contributed by atoms with Crippen LogP contribution in [0.15, 0.2) is 36.4 Å². The number of nitrogens with two attached hydrogens (primary N) is 4. The average molecular weight is 643 g/mol. The maximum atomic E-state index is 13.8. The number of phenolic OH excluding ortho intramolecular Hbond substituents is 2. The third-order valence-corrected chi connectivity index (χ3v) is 7.66. The van der Waals surface area contributed by atoms with Crippen LogP contribution in [0.3, 0.4) is 0 Å². The maximum Gasteiger partial charge on any atom is 0.243 e. The van der Waals surface area contributed by atoms with Gasteiger partial charge in [-0.2, -0.15) is 0 Å². The van der Waals surface area contributed by atoms with E-state index in [-0.39, 0.29) is 70.2 Å². The molecule has 4 atom stereocenters. The number of hydrogen-bond acceptors (Lipinski definition) is 10. The molecule has 1 aliphatic heterocycles. The first-order valence-corrected chi connectivity index (χ1v) is 15.2. The Kier molecular flexibility index (Phi) is 15.4. The van der Waals surface area contributed by atoms with E-state index in [0.717, 1.165) is 0 Å². The van der Waals surface area contributed by atoms with Gasteiger partial charge in [-0.1, -0.05) is 19.6 Å². The van der Waals surface area contributed by atoms with Gasteiger partial charge in [-0.25, -0.2) is 0 Å². The monoisotopic (exact) mass is 642 g/mol. The van der Waals surface area contributed by atoms with Crippen molar-refractivity contribution >= 4 is 23.6 Å². The van der Waals surface area contributed by atoms with E-state index in [1.165, 1.54) is 12.1 Å². The molecule has 14 heteroatoms. The normalized spacial score (nSPS) is 18.9. The highest BCUT2D eigenvalue weighted by Crippen LogP contribution is 2.31. The van der Waals surface area contributed by atoms with Crippen LogP contribution in [0.4, 0.5) is 0 Å². The van der Waals surface area contributed by atoms with Crippen LogP contribution < -0.4 is 44.2 Å². The lowest BCUT2D eigenvalue weighted by atomic mass is 9.95. The summed E-state index contributed by atoms with van der Waals surface area (Å²) in [5, 5.41) is 32.2. The Morgan fingerprint density at radius 1 is 0.870 bits per heavy atom. The van der Waals surface area contributed by atoms with Gasteiger partial charge in [-0.05, 0) is 85.3 Å². The number of rotatable bonds is 12. The average Bonchev–Trinajstić information content (AvgIpc) is 3.01. The molecule has 1 heterocycles. The number of carbonyl (C=O) groups excluding carboxylic acids is 4. The molecule has 2 aromatic rings. The minimum Gasteiger partial charge on any atom is -0.508 e. The molecule has 0 aromatic heterocycles. The molecule has 4 bridgehead atoms. The molecular weight excluding hydrogens is 592 g/mol. The summed E-state index contributed by atoms with van der Waals surface area (Å²) in [5.41, 5.74) is 25.2. The number of aromatic hydroxyl groups is 2. The lowest BCUT2D eigenvalue weighted by Gasteiger charge is -2.26. The highest BCUT2D eigenvalue weighted by molar-refractivity contribution is 5.93. The molecule has 46 heavy (non-hydrogen) atoms. The molecule has 1 unspecified atom stereocenters. The summed E-state index contributed by atoms with van der Waals surface area (Å²) in [5.74, 6) is -2.27. The number of nitrogens with one attached hydrogen (secondary N) is 4. The first kappa shape index (κ1) is 37.9. The molecule has 14 nitrogen and oxygen atoms in total. The van der Waals surface area contributed by atoms with Crippen LogP contribution in [-0.2, 0) is 32.0 Å². The van der Waals surface area contributed by atoms with Crippen molar-refractivity contribution in [3.63, 3.8) is 0 Å². The molecule has 0 saturated heterocycles. The second kappa shape index (κ2) is 18.7. The lowest BCUT2D eigenvalue weighted by Crippen LogP contribution is -2.57. The SMILES string of the molecule is C.NCCCC(CC(=O)NCCN)NC(=O)[C@@H]1Cc2cc(ccc2O)-c2ccc(O)c(c2)C[C@H](N)C(=O)N[C@@H](CCCN)C(=O)N1. The predicted molar refractivity (Wildman–Crippen MR) is 176 cm³/mol. The molecule has 2 aromatic carbocycles. The maximum absolute atomic E-state index is 13.8. The van der Waals surface area contributed by atoms with Crippen LogP contribution in [0.25, 0.3) is 11.1 Å². The van der Waals surface area contributed by atoms with Crippen molar-refractivity contribution in [3.05, 3.63) is 47.5 Å². The van der Waals surface area contributed by atoms with Gasteiger partial charge >= 0.3 is 0 Å². The molecule has 4 amide bonds. The zero-order valence-electron chi connectivity index (χ0n) is 25.4.